The molecule has 0 aliphatic rings. The van der Waals surface area contributed by atoms with E-state index in [1.807, 2.05) is 48.5 Å². The van der Waals surface area contributed by atoms with E-state index in [4.69, 9.17) is 18.8 Å². The summed E-state index contributed by atoms with van der Waals surface area (Å²) >= 11 is 0. The first kappa shape index (κ1) is 30.7. The molecule has 0 saturated heterocycles. The van der Waals surface area contributed by atoms with Gasteiger partial charge in [0.05, 0.1) is 16.6 Å². The van der Waals surface area contributed by atoms with Crippen molar-refractivity contribution >= 4 is 77.4 Å². The zero-order chi connectivity index (χ0) is 36.7. The van der Waals surface area contributed by atoms with Crippen molar-refractivity contribution in [1.29, 1.82) is 0 Å². The molecule has 0 bridgehead atoms. The fourth-order valence-electron chi connectivity index (χ4n) is 8.36. The fraction of sp³-hybridized carbons (Fsp3) is 0. The topological polar surface area (TPSA) is 59.7 Å². The van der Waals surface area contributed by atoms with Crippen molar-refractivity contribution in [3.05, 3.63) is 182 Å². The number of benzene rings is 8. The van der Waals surface area contributed by atoms with E-state index in [1.54, 1.807) is 0 Å². The minimum atomic E-state index is 0.599. The molecule has 4 heterocycles. The van der Waals surface area contributed by atoms with Gasteiger partial charge in [0.15, 0.2) is 11.2 Å². The predicted octanol–water partition coefficient (Wildman–Crippen LogP) is 13.6. The van der Waals surface area contributed by atoms with Crippen LogP contribution in [0.5, 0.6) is 0 Å². The van der Waals surface area contributed by atoms with Crippen LogP contribution in [0.15, 0.2) is 191 Å². The smallest absolute Gasteiger partial charge is 0.227 e. The van der Waals surface area contributed by atoms with Crippen LogP contribution < -0.4 is 4.90 Å². The Kier molecular flexibility index (Phi) is 6.53. The molecule has 8 aromatic carbocycles. The molecule has 6 heteroatoms. The van der Waals surface area contributed by atoms with Crippen LogP contribution in [0.3, 0.4) is 0 Å². The third kappa shape index (κ3) is 4.69. The molecule has 12 aromatic rings. The van der Waals surface area contributed by atoms with E-state index in [1.165, 1.54) is 43.7 Å². The highest BCUT2D eigenvalue weighted by molar-refractivity contribution is 6.24. The molecule has 0 aliphatic carbocycles. The number of fused-ring (bicyclic) bond motifs is 8. The molecule has 12 rings (SSSR count). The summed E-state index contributed by atoms with van der Waals surface area (Å²) in [5.74, 6) is 1.20. The van der Waals surface area contributed by atoms with E-state index >= 15 is 0 Å². The van der Waals surface area contributed by atoms with E-state index < -0.39 is 0 Å². The number of oxazole rings is 2. The number of aromatic nitrogens is 3. The van der Waals surface area contributed by atoms with Gasteiger partial charge in [-0.3, -0.25) is 0 Å². The predicted molar refractivity (Wildman–Crippen MR) is 227 cm³/mol. The van der Waals surface area contributed by atoms with Crippen LogP contribution in [-0.4, -0.2) is 14.4 Å². The molecule has 0 unspecified atom stereocenters. The van der Waals surface area contributed by atoms with Crippen LogP contribution in [0.2, 0.25) is 0 Å². The fourth-order valence-corrected chi connectivity index (χ4v) is 8.36. The van der Waals surface area contributed by atoms with E-state index in [9.17, 15) is 0 Å². The number of anilines is 3. The first-order valence-corrected chi connectivity index (χ1v) is 18.7. The third-order valence-corrected chi connectivity index (χ3v) is 11.0. The Morgan fingerprint density at radius 2 is 0.786 bits per heavy atom. The average molecular weight is 719 g/mol. The lowest BCUT2D eigenvalue weighted by Gasteiger charge is -2.26. The van der Waals surface area contributed by atoms with Gasteiger partial charge in [-0.15, -0.1) is 0 Å². The van der Waals surface area contributed by atoms with Gasteiger partial charge in [-0.05, 0) is 120 Å². The van der Waals surface area contributed by atoms with Gasteiger partial charge >= 0.3 is 0 Å². The average Bonchev–Trinajstić information content (AvgIpc) is 4.05. The summed E-state index contributed by atoms with van der Waals surface area (Å²) in [4.78, 5) is 11.7. The largest absolute Gasteiger partial charge is 0.436 e. The van der Waals surface area contributed by atoms with Crippen LogP contribution in [0.1, 0.15) is 0 Å². The van der Waals surface area contributed by atoms with Crippen LogP contribution in [-0.2, 0) is 0 Å². The number of hydrogen-bond acceptors (Lipinski definition) is 5. The van der Waals surface area contributed by atoms with Crippen molar-refractivity contribution in [3.8, 4) is 34.0 Å². The molecule has 0 fully saturated rings. The lowest BCUT2D eigenvalue weighted by atomic mass is 9.99. The minimum Gasteiger partial charge on any atom is -0.436 e. The summed E-state index contributed by atoms with van der Waals surface area (Å²) < 4.78 is 14.6. The summed E-state index contributed by atoms with van der Waals surface area (Å²) in [6, 6.07) is 63.5. The lowest BCUT2D eigenvalue weighted by Crippen LogP contribution is -2.09. The Balaban J connectivity index is 0.959. The molecule has 0 atom stereocenters. The van der Waals surface area contributed by atoms with Gasteiger partial charge < -0.3 is 18.1 Å². The summed E-state index contributed by atoms with van der Waals surface area (Å²) in [7, 11) is 0. The maximum absolute atomic E-state index is 6.10. The van der Waals surface area contributed by atoms with Crippen molar-refractivity contribution in [3.63, 3.8) is 0 Å². The number of nitrogens with zero attached hydrogens (tertiary/aromatic N) is 4. The Hall–Kier alpha value is -7.70. The molecule has 0 radical (unpaired) electrons. The molecule has 0 saturated carbocycles. The SMILES string of the molecule is c1ccc2oc(-c3ccc(N(c4ccc(-c5cc6c7ccccc7n7c8ccccc8c(c5)c67)cc4)c4ccc(-c5nc6ccccc6o5)cc4)cc3)nc2c1. The maximum Gasteiger partial charge on any atom is 0.227 e. The maximum atomic E-state index is 6.10. The van der Waals surface area contributed by atoms with Crippen LogP contribution in [0.4, 0.5) is 17.1 Å². The number of hydrogen-bond donors (Lipinski definition) is 0. The van der Waals surface area contributed by atoms with Crippen molar-refractivity contribution in [2.45, 2.75) is 0 Å². The third-order valence-electron chi connectivity index (χ3n) is 11.0. The van der Waals surface area contributed by atoms with Crippen LogP contribution >= 0.6 is 0 Å². The number of rotatable bonds is 6. The molecule has 0 amide bonds. The Morgan fingerprint density at radius 1 is 0.375 bits per heavy atom. The second-order valence-corrected chi connectivity index (χ2v) is 14.2. The van der Waals surface area contributed by atoms with Gasteiger partial charge in [-0.1, -0.05) is 72.8 Å². The zero-order valence-corrected chi connectivity index (χ0v) is 29.9. The molecule has 4 aromatic heterocycles. The summed E-state index contributed by atoms with van der Waals surface area (Å²) in [5.41, 5.74) is 14.2. The van der Waals surface area contributed by atoms with Gasteiger partial charge in [-0.25, -0.2) is 9.97 Å². The standard InChI is InChI=1S/C50H30N4O2/c1-5-13-44-38(9-1)40-29-34(30-41-39-10-2-6-14-45(39)54(44)48(40)41)31-17-23-35(24-18-31)53(36-25-19-32(20-26-36)49-51-42-11-3-7-15-46(42)55-49)37-27-21-33(22-28-37)50-52-43-12-4-8-16-47(43)56-50/h1-30H. The molecule has 0 aliphatic heterocycles. The Bertz CT molecular complexity index is 3140. The highest BCUT2D eigenvalue weighted by Gasteiger charge is 2.20. The number of para-hydroxylation sites is 6. The van der Waals surface area contributed by atoms with Crippen molar-refractivity contribution < 1.29 is 8.83 Å². The van der Waals surface area contributed by atoms with Gasteiger partial charge in [0.25, 0.3) is 0 Å². The van der Waals surface area contributed by atoms with Crippen molar-refractivity contribution in [2.75, 3.05) is 4.90 Å². The lowest BCUT2D eigenvalue weighted by molar-refractivity contribution is 0.619. The molecule has 0 spiro atoms. The quantitative estimate of drug-likeness (QED) is 0.171. The second kappa shape index (κ2) is 11.9. The van der Waals surface area contributed by atoms with Gasteiger partial charge in [0.2, 0.25) is 11.8 Å². The van der Waals surface area contributed by atoms with Gasteiger partial charge in [0.1, 0.15) is 11.0 Å². The molecule has 262 valence electrons. The molecular formula is C50H30N4O2. The minimum absolute atomic E-state index is 0.599. The molecular weight excluding hydrogens is 689 g/mol. The van der Waals surface area contributed by atoms with Crippen molar-refractivity contribution in [2.24, 2.45) is 0 Å². The molecule has 56 heavy (non-hydrogen) atoms. The highest BCUT2D eigenvalue weighted by Crippen LogP contribution is 2.43. The first-order valence-electron chi connectivity index (χ1n) is 18.7. The second-order valence-electron chi connectivity index (χ2n) is 14.2. The normalized spacial score (nSPS) is 11.9. The Labute approximate surface area is 320 Å². The van der Waals surface area contributed by atoms with Gasteiger partial charge in [-0.2, -0.15) is 0 Å². The van der Waals surface area contributed by atoms with E-state index in [2.05, 4.69) is 143 Å². The van der Waals surface area contributed by atoms with E-state index in [-0.39, 0.29) is 0 Å². The summed E-state index contributed by atoms with van der Waals surface area (Å²) in [6.45, 7) is 0. The van der Waals surface area contributed by atoms with E-state index in [0.717, 1.165) is 56.0 Å². The van der Waals surface area contributed by atoms with Crippen LogP contribution in [0.25, 0.3) is 94.3 Å². The van der Waals surface area contributed by atoms with Crippen molar-refractivity contribution in [1.82, 2.24) is 14.4 Å². The zero-order valence-electron chi connectivity index (χ0n) is 29.9. The first-order chi connectivity index (χ1) is 27.7. The summed E-state index contributed by atoms with van der Waals surface area (Å²) in [6.07, 6.45) is 0. The molecule has 0 N–H and O–H groups in total. The summed E-state index contributed by atoms with van der Waals surface area (Å²) in [5, 5.41) is 5.08. The Morgan fingerprint density at radius 3 is 1.25 bits per heavy atom. The van der Waals surface area contributed by atoms with E-state index in [0.29, 0.717) is 11.8 Å². The van der Waals surface area contributed by atoms with Crippen LogP contribution in [0, 0.1) is 0 Å². The highest BCUT2D eigenvalue weighted by atomic mass is 16.4. The molecule has 6 nitrogen and oxygen atoms in total. The van der Waals surface area contributed by atoms with Gasteiger partial charge in [0, 0.05) is 49.7 Å². The monoisotopic (exact) mass is 718 g/mol.